The molecule has 0 fully saturated rings. The highest BCUT2D eigenvalue weighted by Gasteiger charge is 2.20. The number of hydrazine groups is 1. The molecule has 1 aromatic rings. The van der Waals surface area contributed by atoms with E-state index in [1.807, 2.05) is 6.92 Å². The Hall–Kier alpha value is -1.11. The summed E-state index contributed by atoms with van der Waals surface area (Å²) in [6.07, 6.45) is 0.803. The normalized spacial score (nSPS) is 12.8. The van der Waals surface area contributed by atoms with Crippen LogP contribution >= 0.6 is 0 Å². The van der Waals surface area contributed by atoms with Crippen molar-refractivity contribution < 1.29 is 17.9 Å². The Morgan fingerprint density at radius 3 is 2.59 bits per heavy atom. The number of benzene rings is 1. The van der Waals surface area contributed by atoms with Crippen LogP contribution in [0.5, 0.6) is 0 Å². The minimum atomic E-state index is -1.50. The first-order chi connectivity index (χ1) is 8.11. The van der Waals surface area contributed by atoms with Crippen LogP contribution in [0.25, 0.3) is 0 Å². The third-order valence-corrected chi connectivity index (χ3v) is 2.27. The third-order valence-electron chi connectivity index (χ3n) is 2.27. The summed E-state index contributed by atoms with van der Waals surface area (Å²) in [5.74, 6) is 1.26. The van der Waals surface area contributed by atoms with E-state index in [-0.39, 0.29) is 12.2 Å². The standard InChI is InChI=1S/C11H15F3N2O/c1-2-5-17-6-9(16-15)7-3-4-8(12)11(14)10(7)13/h3-4,9,16H,2,5-6,15H2,1H3. The van der Waals surface area contributed by atoms with E-state index in [4.69, 9.17) is 10.6 Å². The molecule has 0 bridgehead atoms. The maximum atomic E-state index is 13.4. The molecule has 0 aliphatic rings. The molecule has 6 heteroatoms. The van der Waals surface area contributed by atoms with Crippen molar-refractivity contribution >= 4 is 0 Å². The van der Waals surface area contributed by atoms with E-state index in [1.165, 1.54) is 0 Å². The summed E-state index contributed by atoms with van der Waals surface area (Å²) < 4.78 is 44.4. The van der Waals surface area contributed by atoms with Crippen molar-refractivity contribution in [2.24, 2.45) is 5.84 Å². The number of hydrogen-bond acceptors (Lipinski definition) is 3. The zero-order valence-electron chi connectivity index (χ0n) is 9.47. The van der Waals surface area contributed by atoms with Gasteiger partial charge in [-0.2, -0.15) is 0 Å². The van der Waals surface area contributed by atoms with Crippen LogP contribution in [0.4, 0.5) is 13.2 Å². The largest absolute Gasteiger partial charge is 0.379 e. The van der Waals surface area contributed by atoms with Gasteiger partial charge in [0.1, 0.15) is 0 Å². The Labute approximate surface area is 97.7 Å². The molecule has 0 saturated carbocycles. The number of hydrogen-bond donors (Lipinski definition) is 2. The second-order valence-electron chi connectivity index (χ2n) is 3.56. The summed E-state index contributed by atoms with van der Waals surface area (Å²) in [5, 5.41) is 0. The third kappa shape index (κ3) is 3.42. The van der Waals surface area contributed by atoms with Crippen molar-refractivity contribution in [1.82, 2.24) is 5.43 Å². The van der Waals surface area contributed by atoms with Crippen LogP contribution in [0.15, 0.2) is 12.1 Å². The van der Waals surface area contributed by atoms with Gasteiger partial charge in [0.25, 0.3) is 0 Å². The molecule has 0 aliphatic heterocycles. The van der Waals surface area contributed by atoms with E-state index in [9.17, 15) is 13.2 Å². The first-order valence-corrected chi connectivity index (χ1v) is 5.29. The predicted molar refractivity (Wildman–Crippen MR) is 57.5 cm³/mol. The molecule has 0 spiro atoms. The highest BCUT2D eigenvalue weighted by molar-refractivity contribution is 5.23. The van der Waals surface area contributed by atoms with E-state index in [1.54, 1.807) is 0 Å². The van der Waals surface area contributed by atoms with Gasteiger partial charge < -0.3 is 4.74 Å². The van der Waals surface area contributed by atoms with Crippen molar-refractivity contribution in [1.29, 1.82) is 0 Å². The van der Waals surface area contributed by atoms with Crippen LogP contribution < -0.4 is 11.3 Å². The monoisotopic (exact) mass is 248 g/mol. The number of nitrogens with one attached hydrogen (secondary N) is 1. The minimum absolute atomic E-state index is 0.0532. The lowest BCUT2D eigenvalue weighted by molar-refractivity contribution is 0.110. The minimum Gasteiger partial charge on any atom is -0.379 e. The second-order valence-corrected chi connectivity index (χ2v) is 3.56. The quantitative estimate of drug-likeness (QED) is 0.350. The van der Waals surface area contributed by atoms with Crippen LogP contribution in [0.2, 0.25) is 0 Å². The molecule has 3 N–H and O–H groups in total. The summed E-state index contributed by atoms with van der Waals surface area (Å²) >= 11 is 0. The van der Waals surface area contributed by atoms with Gasteiger partial charge in [-0.05, 0) is 12.5 Å². The molecular formula is C11H15F3N2O. The summed E-state index contributed by atoms with van der Waals surface area (Å²) in [6.45, 7) is 2.50. The fraction of sp³-hybridized carbons (Fsp3) is 0.455. The summed E-state index contributed by atoms with van der Waals surface area (Å²) in [7, 11) is 0. The lowest BCUT2D eigenvalue weighted by Crippen LogP contribution is -2.32. The molecule has 0 heterocycles. The van der Waals surface area contributed by atoms with Crippen molar-refractivity contribution in [2.75, 3.05) is 13.2 Å². The van der Waals surface area contributed by atoms with Gasteiger partial charge in [-0.15, -0.1) is 0 Å². The molecule has 0 aliphatic carbocycles. The number of halogens is 3. The number of rotatable bonds is 6. The number of ether oxygens (including phenoxy) is 1. The van der Waals surface area contributed by atoms with E-state index < -0.39 is 23.5 Å². The van der Waals surface area contributed by atoms with Gasteiger partial charge in [0.15, 0.2) is 17.5 Å². The summed E-state index contributed by atoms with van der Waals surface area (Å²) in [4.78, 5) is 0. The van der Waals surface area contributed by atoms with Crippen LogP contribution in [0.1, 0.15) is 24.9 Å². The summed E-state index contributed by atoms with van der Waals surface area (Å²) in [5.41, 5.74) is 2.26. The first kappa shape index (κ1) is 14.0. The van der Waals surface area contributed by atoms with Gasteiger partial charge >= 0.3 is 0 Å². The van der Waals surface area contributed by atoms with Crippen molar-refractivity contribution in [2.45, 2.75) is 19.4 Å². The molecular weight excluding hydrogens is 233 g/mol. The molecule has 0 saturated heterocycles. The van der Waals surface area contributed by atoms with Gasteiger partial charge in [-0.1, -0.05) is 13.0 Å². The van der Waals surface area contributed by atoms with Crippen molar-refractivity contribution in [3.8, 4) is 0 Å². The van der Waals surface area contributed by atoms with Crippen molar-refractivity contribution in [3.05, 3.63) is 35.1 Å². The van der Waals surface area contributed by atoms with Gasteiger partial charge in [-0.3, -0.25) is 11.3 Å². The average Bonchev–Trinajstić information content (AvgIpc) is 2.33. The van der Waals surface area contributed by atoms with E-state index >= 15 is 0 Å². The van der Waals surface area contributed by atoms with Crippen LogP contribution in [-0.2, 0) is 4.74 Å². The molecule has 1 unspecified atom stereocenters. The molecule has 0 radical (unpaired) electrons. The Morgan fingerprint density at radius 1 is 1.29 bits per heavy atom. The van der Waals surface area contributed by atoms with Gasteiger partial charge in [0, 0.05) is 12.2 Å². The fourth-order valence-electron chi connectivity index (χ4n) is 1.38. The van der Waals surface area contributed by atoms with Crippen LogP contribution in [-0.4, -0.2) is 13.2 Å². The predicted octanol–water partition coefficient (Wildman–Crippen LogP) is 2.03. The molecule has 1 aromatic carbocycles. The van der Waals surface area contributed by atoms with Crippen LogP contribution in [0, 0.1) is 17.5 Å². The van der Waals surface area contributed by atoms with Crippen molar-refractivity contribution in [3.63, 3.8) is 0 Å². The molecule has 1 atom stereocenters. The average molecular weight is 248 g/mol. The Bertz CT molecular complexity index is 374. The molecule has 1 rings (SSSR count). The van der Waals surface area contributed by atoms with E-state index in [0.29, 0.717) is 6.61 Å². The van der Waals surface area contributed by atoms with E-state index in [2.05, 4.69) is 5.43 Å². The van der Waals surface area contributed by atoms with Gasteiger partial charge in [0.2, 0.25) is 0 Å². The zero-order valence-corrected chi connectivity index (χ0v) is 9.47. The van der Waals surface area contributed by atoms with Gasteiger partial charge in [0.05, 0.1) is 12.6 Å². The Kier molecular flexibility index (Phi) is 5.40. The number of nitrogens with two attached hydrogens (primary N) is 1. The molecule has 17 heavy (non-hydrogen) atoms. The maximum Gasteiger partial charge on any atom is 0.194 e. The topological polar surface area (TPSA) is 47.3 Å². The second kappa shape index (κ2) is 6.58. The van der Waals surface area contributed by atoms with Gasteiger partial charge in [-0.25, -0.2) is 13.2 Å². The first-order valence-electron chi connectivity index (χ1n) is 5.29. The Balaban J connectivity index is 2.85. The molecule has 96 valence electrons. The lowest BCUT2D eigenvalue weighted by Gasteiger charge is -2.17. The Morgan fingerprint density at radius 2 is 2.00 bits per heavy atom. The maximum absolute atomic E-state index is 13.4. The smallest absolute Gasteiger partial charge is 0.194 e. The lowest BCUT2D eigenvalue weighted by atomic mass is 10.1. The van der Waals surface area contributed by atoms with E-state index in [0.717, 1.165) is 18.6 Å². The highest BCUT2D eigenvalue weighted by atomic mass is 19.2. The molecule has 0 aromatic heterocycles. The zero-order chi connectivity index (χ0) is 12.8. The SMILES string of the molecule is CCCOCC(NN)c1ccc(F)c(F)c1F. The summed E-state index contributed by atoms with van der Waals surface area (Å²) in [6, 6.07) is 1.29. The molecule has 0 amide bonds. The fourth-order valence-corrected chi connectivity index (χ4v) is 1.38. The molecule has 3 nitrogen and oxygen atoms in total. The highest BCUT2D eigenvalue weighted by Crippen LogP contribution is 2.21. The van der Waals surface area contributed by atoms with Crippen LogP contribution in [0.3, 0.4) is 0 Å².